The molecule has 0 fully saturated rings. The van der Waals surface area contributed by atoms with E-state index in [0.717, 1.165) is 35.5 Å². The van der Waals surface area contributed by atoms with E-state index in [9.17, 15) is 0 Å². The molecule has 18 heavy (non-hydrogen) atoms. The fourth-order valence-corrected chi connectivity index (χ4v) is 2.28. The van der Waals surface area contributed by atoms with Crippen molar-refractivity contribution in [3.63, 3.8) is 0 Å². The topological polar surface area (TPSA) is 42.7 Å². The fraction of sp³-hybridized carbons (Fsp3) is 0.385. The maximum absolute atomic E-state index is 4.42. The van der Waals surface area contributed by atoms with Crippen LogP contribution in [-0.4, -0.2) is 14.8 Å². The molecule has 0 atom stereocenters. The van der Waals surface area contributed by atoms with E-state index < -0.39 is 0 Å². The van der Waals surface area contributed by atoms with Crippen molar-refractivity contribution in [2.24, 2.45) is 7.05 Å². The van der Waals surface area contributed by atoms with Crippen LogP contribution in [0.4, 0.5) is 0 Å². The highest BCUT2D eigenvalue weighted by atomic mass is 79.9. The van der Waals surface area contributed by atoms with Gasteiger partial charge in [0.15, 0.2) is 0 Å². The third-order valence-electron chi connectivity index (χ3n) is 2.72. The molecule has 0 saturated carbocycles. The van der Waals surface area contributed by atoms with Gasteiger partial charge < -0.3 is 5.32 Å². The molecule has 0 aliphatic rings. The molecule has 0 bridgehead atoms. The largest absolute Gasteiger partial charge is 0.307 e. The molecule has 0 aliphatic carbocycles. The lowest BCUT2D eigenvalue weighted by atomic mass is 10.2. The van der Waals surface area contributed by atoms with E-state index in [2.05, 4.69) is 44.4 Å². The summed E-state index contributed by atoms with van der Waals surface area (Å²) in [4.78, 5) is 4.39. The zero-order valence-electron chi connectivity index (χ0n) is 10.7. The Bertz CT molecular complexity index is 521. The van der Waals surface area contributed by atoms with Crippen molar-refractivity contribution in [3.8, 4) is 0 Å². The van der Waals surface area contributed by atoms with Crippen molar-refractivity contribution in [2.45, 2.75) is 26.4 Å². The molecule has 0 spiro atoms. The van der Waals surface area contributed by atoms with E-state index in [1.165, 1.54) is 5.56 Å². The maximum Gasteiger partial charge on any atom is 0.106 e. The second-order valence-corrected chi connectivity index (χ2v) is 5.00. The second-order valence-electron chi connectivity index (χ2n) is 4.18. The number of rotatable bonds is 5. The summed E-state index contributed by atoms with van der Waals surface area (Å²) in [5.74, 6) is 0. The first-order valence-electron chi connectivity index (χ1n) is 6.02. The van der Waals surface area contributed by atoms with Crippen molar-refractivity contribution >= 4 is 15.9 Å². The van der Waals surface area contributed by atoms with E-state index in [1.54, 1.807) is 0 Å². The molecule has 1 N–H and O–H groups in total. The summed E-state index contributed by atoms with van der Waals surface area (Å²) in [6.07, 6.45) is 3.03. The van der Waals surface area contributed by atoms with Gasteiger partial charge in [-0.15, -0.1) is 0 Å². The molecule has 4 nitrogen and oxygen atoms in total. The average Bonchev–Trinajstić information content (AvgIpc) is 2.70. The first kappa shape index (κ1) is 13.2. The third-order valence-corrected chi connectivity index (χ3v) is 3.16. The van der Waals surface area contributed by atoms with Gasteiger partial charge in [0.1, 0.15) is 4.60 Å². The molecule has 96 valence electrons. The van der Waals surface area contributed by atoms with Crippen molar-refractivity contribution in [2.75, 3.05) is 0 Å². The van der Waals surface area contributed by atoms with E-state index >= 15 is 0 Å². The number of pyridine rings is 1. The standard InChI is InChI=1S/C13H17BrN4/c1-3-12-10(9-18(2)17-12)7-15-8-11-5-4-6-13(14)16-11/h4-6,9,15H,3,7-8H2,1-2H3. The summed E-state index contributed by atoms with van der Waals surface area (Å²) in [5, 5.41) is 7.82. The highest BCUT2D eigenvalue weighted by Crippen LogP contribution is 2.08. The van der Waals surface area contributed by atoms with Gasteiger partial charge in [0.05, 0.1) is 11.4 Å². The van der Waals surface area contributed by atoms with Gasteiger partial charge >= 0.3 is 0 Å². The SMILES string of the molecule is CCc1nn(C)cc1CNCc1cccc(Br)n1. The summed E-state index contributed by atoms with van der Waals surface area (Å²) >= 11 is 3.37. The van der Waals surface area contributed by atoms with Crippen LogP contribution in [0.2, 0.25) is 0 Å². The number of hydrogen-bond acceptors (Lipinski definition) is 3. The van der Waals surface area contributed by atoms with Crippen molar-refractivity contribution in [1.82, 2.24) is 20.1 Å². The van der Waals surface area contributed by atoms with E-state index in [4.69, 9.17) is 0 Å². The van der Waals surface area contributed by atoms with Gasteiger partial charge in [0.2, 0.25) is 0 Å². The molecule has 0 amide bonds. The molecule has 0 unspecified atom stereocenters. The summed E-state index contributed by atoms with van der Waals surface area (Å²) in [6.45, 7) is 3.71. The number of nitrogens with zero attached hydrogens (tertiary/aromatic N) is 3. The lowest BCUT2D eigenvalue weighted by Gasteiger charge is -2.04. The molecule has 2 heterocycles. The van der Waals surface area contributed by atoms with Crippen LogP contribution < -0.4 is 5.32 Å². The number of hydrogen-bond donors (Lipinski definition) is 1. The molecule has 2 aromatic rings. The Morgan fingerprint density at radius 3 is 2.89 bits per heavy atom. The molecule has 0 radical (unpaired) electrons. The van der Waals surface area contributed by atoms with Crippen LogP contribution in [0.5, 0.6) is 0 Å². The Kier molecular flexibility index (Phi) is 4.49. The summed E-state index contributed by atoms with van der Waals surface area (Å²) < 4.78 is 2.74. The molecular formula is C13H17BrN4. The fourth-order valence-electron chi connectivity index (χ4n) is 1.90. The van der Waals surface area contributed by atoms with Crippen LogP contribution >= 0.6 is 15.9 Å². The Balaban J connectivity index is 1.92. The van der Waals surface area contributed by atoms with Crippen molar-refractivity contribution in [3.05, 3.63) is 46.0 Å². The molecule has 2 rings (SSSR count). The highest BCUT2D eigenvalue weighted by molar-refractivity contribution is 9.10. The van der Waals surface area contributed by atoms with E-state index in [1.807, 2.05) is 29.9 Å². The minimum absolute atomic E-state index is 0.761. The normalized spacial score (nSPS) is 10.8. The van der Waals surface area contributed by atoms with Crippen molar-refractivity contribution < 1.29 is 0 Å². The number of halogens is 1. The zero-order chi connectivity index (χ0) is 13.0. The monoisotopic (exact) mass is 308 g/mol. The predicted octanol–water partition coefficient (Wildman–Crippen LogP) is 2.43. The smallest absolute Gasteiger partial charge is 0.106 e. The molecule has 0 aliphatic heterocycles. The Hall–Kier alpha value is -1.20. The number of nitrogens with one attached hydrogen (secondary N) is 1. The van der Waals surface area contributed by atoms with Gasteiger partial charge in [0, 0.05) is 31.9 Å². The van der Waals surface area contributed by atoms with E-state index in [-0.39, 0.29) is 0 Å². The lowest BCUT2D eigenvalue weighted by Crippen LogP contribution is -2.14. The number of aryl methyl sites for hydroxylation is 2. The molecule has 5 heteroatoms. The molecular weight excluding hydrogens is 292 g/mol. The first-order valence-corrected chi connectivity index (χ1v) is 6.82. The van der Waals surface area contributed by atoms with Crippen molar-refractivity contribution in [1.29, 1.82) is 0 Å². The van der Waals surface area contributed by atoms with Crippen LogP contribution in [0.15, 0.2) is 29.0 Å². The minimum Gasteiger partial charge on any atom is -0.307 e. The van der Waals surface area contributed by atoms with Crippen LogP contribution in [0, 0.1) is 0 Å². The minimum atomic E-state index is 0.761. The second kappa shape index (κ2) is 6.11. The average molecular weight is 309 g/mol. The van der Waals surface area contributed by atoms with Crippen LogP contribution in [0.25, 0.3) is 0 Å². The van der Waals surface area contributed by atoms with Gasteiger partial charge in [-0.1, -0.05) is 13.0 Å². The Labute approximate surface area is 116 Å². The van der Waals surface area contributed by atoms with Gasteiger partial charge in [-0.25, -0.2) is 4.98 Å². The zero-order valence-corrected chi connectivity index (χ0v) is 12.2. The summed E-state index contributed by atoms with van der Waals surface area (Å²) in [6, 6.07) is 5.94. The molecule has 2 aromatic heterocycles. The number of aromatic nitrogens is 3. The third kappa shape index (κ3) is 3.40. The maximum atomic E-state index is 4.42. The highest BCUT2D eigenvalue weighted by Gasteiger charge is 2.05. The van der Waals surface area contributed by atoms with Crippen LogP contribution in [0.1, 0.15) is 23.9 Å². The van der Waals surface area contributed by atoms with Crippen LogP contribution in [-0.2, 0) is 26.6 Å². The Morgan fingerprint density at radius 1 is 1.33 bits per heavy atom. The van der Waals surface area contributed by atoms with Gasteiger partial charge in [0.25, 0.3) is 0 Å². The van der Waals surface area contributed by atoms with Gasteiger partial charge in [-0.2, -0.15) is 5.10 Å². The van der Waals surface area contributed by atoms with Gasteiger partial charge in [-0.3, -0.25) is 4.68 Å². The van der Waals surface area contributed by atoms with E-state index in [0.29, 0.717) is 0 Å². The predicted molar refractivity (Wildman–Crippen MR) is 75.1 cm³/mol. The first-order chi connectivity index (χ1) is 8.69. The summed E-state index contributed by atoms with van der Waals surface area (Å²) in [5.41, 5.74) is 3.45. The Morgan fingerprint density at radius 2 is 2.17 bits per heavy atom. The molecule has 0 saturated heterocycles. The van der Waals surface area contributed by atoms with Gasteiger partial charge in [-0.05, 0) is 34.5 Å². The molecule has 0 aromatic carbocycles. The quantitative estimate of drug-likeness (QED) is 0.863. The summed E-state index contributed by atoms with van der Waals surface area (Å²) in [7, 11) is 1.96. The van der Waals surface area contributed by atoms with Crippen LogP contribution in [0.3, 0.4) is 0 Å². The lowest BCUT2D eigenvalue weighted by molar-refractivity contribution is 0.674.